The van der Waals surface area contributed by atoms with Gasteiger partial charge in [-0.15, -0.1) is 0 Å². The van der Waals surface area contributed by atoms with Gasteiger partial charge < -0.3 is 30.0 Å². The Morgan fingerprint density at radius 1 is 1.31 bits per heavy atom. The predicted molar refractivity (Wildman–Crippen MR) is 153 cm³/mol. The van der Waals surface area contributed by atoms with Gasteiger partial charge in [-0.05, 0) is 29.3 Å². The number of imidazole rings is 1. The average Bonchev–Trinajstić information content (AvgIpc) is 3.27. The first-order valence-electron chi connectivity index (χ1n) is 12.7. The van der Waals surface area contributed by atoms with E-state index >= 15 is 0 Å². The lowest BCUT2D eigenvalue weighted by atomic mass is 10.0. The third kappa shape index (κ3) is 6.12. The summed E-state index contributed by atoms with van der Waals surface area (Å²) in [5, 5.41) is 1.46. The number of fused-ring (bicyclic) bond motifs is 1. The summed E-state index contributed by atoms with van der Waals surface area (Å²) in [6, 6.07) is 7.49. The minimum atomic E-state index is -4.20. The number of thiocarbonyl (C=S) groups is 1. The number of benzene rings is 1. The Bertz CT molecular complexity index is 1480. The molecule has 210 valence electrons. The molecule has 1 aliphatic heterocycles. The quantitative estimate of drug-likeness (QED) is 0.220. The zero-order valence-electron chi connectivity index (χ0n) is 22.8. The minimum Gasteiger partial charge on any atom is -0.497 e. The minimum absolute atomic E-state index is 0.367. The number of hydrogen-bond donors (Lipinski definition) is 2. The molecule has 0 aliphatic carbocycles. The number of nitrogens with one attached hydrogen (secondary N) is 1. The molecule has 13 heteroatoms. The van der Waals surface area contributed by atoms with Crippen molar-refractivity contribution >= 4 is 38.2 Å². The second kappa shape index (κ2) is 12.0. The van der Waals surface area contributed by atoms with Crippen LogP contribution in [-0.2, 0) is 34.5 Å². The van der Waals surface area contributed by atoms with Gasteiger partial charge in [-0.1, -0.05) is 31.3 Å². The van der Waals surface area contributed by atoms with E-state index in [1.165, 1.54) is 6.08 Å². The summed E-state index contributed by atoms with van der Waals surface area (Å²) in [5.41, 5.74) is 9.27. The van der Waals surface area contributed by atoms with E-state index in [9.17, 15) is 8.42 Å². The molecule has 2 aromatic heterocycles. The molecule has 0 bridgehead atoms. The van der Waals surface area contributed by atoms with Crippen molar-refractivity contribution in [2.24, 2.45) is 12.8 Å². The van der Waals surface area contributed by atoms with E-state index < -0.39 is 21.3 Å². The van der Waals surface area contributed by atoms with Crippen molar-refractivity contribution in [1.29, 1.82) is 0 Å². The number of aromatic nitrogens is 4. The Kier molecular flexibility index (Phi) is 8.96. The predicted octanol–water partition coefficient (Wildman–Crippen LogP) is 1.71. The molecule has 3 heterocycles. The maximum Gasteiger partial charge on any atom is 0.251 e. The van der Waals surface area contributed by atoms with Gasteiger partial charge in [-0.3, -0.25) is 0 Å². The van der Waals surface area contributed by atoms with E-state index in [-0.39, 0.29) is 5.16 Å². The first-order chi connectivity index (χ1) is 18.6. The molecule has 0 amide bonds. The molecule has 0 radical (unpaired) electrons. The lowest BCUT2D eigenvalue weighted by Crippen LogP contribution is -2.35. The molecule has 39 heavy (non-hydrogen) atoms. The Morgan fingerprint density at radius 3 is 2.62 bits per heavy atom. The second-order valence-corrected chi connectivity index (χ2v) is 11.9. The van der Waals surface area contributed by atoms with Crippen LogP contribution in [0.3, 0.4) is 0 Å². The highest BCUT2D eigenvalue weighted by molar-refractivity contribution is 7.92. The summed E-state index contributed by atoms with van der Waals surface area (Å²) >= 11 is 5.62. The molecule has 1 saturated heterocycles. The lowest BCUT2D eigenvalue weighted by molar-refractivity contribution is 0.0255. The number of ether oxygens (including phenoxy) is 2. The van der Waals surface area contributed by atoms with E-state index in [1.807, 2.05) is 38.2 Å². The number of hydrogen-bond acceptors (Lipinski definition) is 10. The van der Waals surface area contributed by atoms with Crippen LogP contribution in [-0.4, -0.2) is 84.1 Å². The number of nitrogens with two attached hydrogens (primary N) is 1. The zero-order valence-corrected chi connectivity index (χ0v) is 24.5. The van der Waals surface area contributed by atoms with E-state index in [0.29, 0.717) is 60.0 Å². The summed E-state index contributed by atoms with van der Waals surface area (Å²) in [6.45, 7) is 3.64. The molecule has 4 rings (SSSR count). The highest BCUT2D eigenvalue weighted by atomic mass is 32.2. The van der Waals surface area contributed by atoms with Crippen LogP contribution in [0.15, 0.2) is 41.1 Å². The third-order valence-corrected chi connectivity index (χ3v) is 8.75. The van der Waals surface area contributed by atoms with Gasteiger partial charge in [0, 0.05) is 47.1 Å². The fourth-order valence-corrected chi connectivity index (χ4v) is 5.55. The van der Waals surface area contributed by atoms with Crippen molar-refractivity contribution < 1.29 is 17.9 Å². The van der Waals surface area contributed by atoms with Crippen LogP contribution in [0.4, 0.5) is 0 Å². The van der Waals surface area contributed by atoms with E-state index in [1.54, 1.807) is 30.7 Å². The van der Waals surface area contributed by atoms with Gasteiger partial charge in [0.15, 0.2) is 5.65 Å². The summed E-state index contributed by atoms with van der Waals surface area (Å²) in [6.07, 6.45) is 2.06. The van der Waals surface area contributed by atoms with Crippen LogP contribution in [0, 0.1) is 0 Å². The molecule has 1 aromatic carbocycles. The van der Waals surface area contributed by atoms with Crippen molar-refractivity contribution in [3.05, 3.63) is 53.0 Å². The molecule has 1 fully saturated rings. The van der Waals surface area contributed by atoms with Crippen LogP contribution in [0.2, 0.25) is 0 Å². The smallest absolute Gasteiger partial charge is 0.251 e. The summed E-state index contributed by atoms with van der Waals surface area (Å²) in [4.78, 5) is 15.8. The molecular weight excluding hydrogens is 538 g/mol. The van der Waals surface area contributed by atoms with Crippen molar-refractivity contribution in [3.8, 4) is 5.75 Å². The molecule has 0 spiro atoms. The topological polar surface area (TPSA) is 137 Å². The maximum absolute atomic E-state index is 13.8. The molecule has 2 unspecified atom stereocenters. The van der Waals surface area contributed by atoms with Gasteiger partial charge >= 0.3 is 0 Å². The van der Waals surface area contributed by atoms with Gasteiger partial charge in [0.25, 0.3) is 5.16 Å². The standard InChI is InChI=1S/C26H35N7O4S2/c1-6-21-29-23-22(19-15-28-11-12-37-19)30-26(31-24(23)33(21)4)39(34,35)20(27)14-17(25(38)32(2)3)13-16-7-9-18(36-5)10-8-16/h7-10,14,19-20,28H,6,11-13,15,27H2,1-5H3. The number of likely N-dealkylation sites (N-methyl/N-ethyl adjacent to an activating group) is 1. The van der Waals surface area contributed by atoms with Gasteiger partial charge in [0.2, 0.25) is 9.84 Å². The molecular formula is C26H35N7O4S2. The first kappa shape index (κ1) is 29.0. The highest BCUT2D eigenvalue weighted by Gasteiger charge is 2.32. The highest BCUT2D eigenvalue weighted by Crippen LogP contribution is 2.27. The monoisotopic (exact) mass is 573 g/mol. The van der Waals surface area contributed by atoms with Gasteiger partial charge in [0.05, 0.1) is 13.7 Å². The maximum atomic E-state index is 13.8. The molecule has 11 nitrogen and oxygen atoms in total. The average molecular weight is 574 g/mol. The number of aryl methyl sites for hydroxylation is 2. The van der Waals surface area contributed by atoms with Gasteiger partial charge in [-0.2, -0.15) is 4.98 Å². The van der Waals surface area contributed by atoms with Crippen LogP contribution in [0.5, 0.6) is 5.75 Å². The van der Waals surface area contributed by atoms with Crippen LogP contribution >= 0.6 is 12.2 Å². The lowest BCUT2D eigenvalue weighted by Gasteiger charge is -2.23. The fourth-order valence-electron chi connectivity index (χ4n) is 4.38. The SMILES string of the molecule is CCc1nc2c(C3CNCCO3)nc(S(=O)(=O)C(N)C=C(Cc3ccc(OC)cc3)C(=S)N(C)C)nc2n1C. The Balaban J connectivity index is 1.77. The largest absolute Gasteiger partial charge is 0.497 e. The van der Waals surface area contributed by atoms with Gasteiger partial charge in [0.1, 0.15) is 39.3 Å². The number of nitrogens with zero attached hydrogens (tertiary/aromatic N) is 5. The Hall–Kier alpha value is -2.97. The van der Waals surface area contributed by atoms with Gasteiger partial charge in [-0.25, -0.2) is 18.4 Å². The van der Waals surface area contributed by atoms with E-state index in [2.05, 4.69) is 20.3 Å². The van der Waals surface area contributed by atoms with Crippen molar-refractivity contribution in [1.82, 2.24) is 29.7 Å². The second-order valence-electron chi connectivity index (χ2n) is 9.49. The first-order valence-corrected chi connectivity index (χ1v) is 14.6. The number of rotatable bonds is 9. The van der Waals surface area contributed by atoms with Crippen LogP contribution < -0.4 is 15.8 Å². The van der Waals surface area contributed by atoms with E-state index in [0.717, 1.165) is 17.1 Å². The normalized spacial score (nSPS) is 17.3. The van der Waals surface area contributed by atoms with Crippen LogP contribution in [0.25, 0.3) is 11.2 Å². The fraction of sp³-hybridized carbons (Fsp3) is 0.462. The Morgan fingerprint density at radius 2 is 2.03 bits per heavy atom. The molecule has 2 atom stereocenters. The molecule has 1 aliphatic rings. The number of sulfone groups is 1. The number of methoxy groups -OCH3 is 1. The summed E-state index contributed by atoms with van der Waals surface area (Å²) < 4.78 is 40.6. The van der Waals surface area contributed by atoms with Crippen molar-refractivity contribution in [3.63, 3.8) is 0 Å². The molecule has 3 aromatic rings. The third-order valence-electron chi connectivity index (χ3n) is 6.58. The Labute approximate surface area is 234 Å². The zero-order chi connectivity index (χ0) is 28.3. The number of morpholine rings is 1. The van der Waals surface area contributed by atoms with Crippen LogP contribution in [0.1, 0.15) is 30.1 Å². The van der Waals surface area contributed by atoms with E-state index in [4.69, 9.17) is 27.4 Å². The summed E-state index contributed by atoms with van der Waals surface area (Å²) in [5.74, 6) is 1.49. The molecule has 0 saturated carbocycles. The summed E-state index contributed by atoms with van der Waals surface area (Å²) in [7, 11) is 2.82. The van der Waals surface area contributed by atoms with Crippen molar-refractivity contribution in [2.45, 2.75) is 36.4 Å². The molecule has 3 N–H and O–H groups in total. The van der Waals surface area contributed by atoms with Crippen molar-refractivity contribution in [2.75, 3.05) is 40.9 Å².